The molecule has 2 saturated heterocycles. The molecule has 1 aromatic carbocycles. The Morgan fingerprint density at radius 3 is 2.60 bits per heavy atom. The van der Waals surface area contributed by atoms with Crippen molar-refractivity contribution in [1.82, 2.24) is 9.80 Å². The molecule has 2 aliphatic rings. The van der Waals surface area contributed by atoms with E-state index in [1.807, 2.05) is 13.8 Å². The molecule has 2 heterocycles. The first kappa shape index (κ1) is 26.9. The second-order valence-corrected chi connectivity index (χ2v) is 10.1. The van der Waals surface area contributed by atoms with Gasteiger partial charge in [-0.25, -0.2) is 0 Å². The predicted molar refractivity (Wildman–Crippen MR) is 131 cm³/mol. The first-order valence-corrected chi connectivity index (χ1v) is 12.5. The molecule has 0 spiro atoms. The lowest BCUT2D eigenvalue weighted by Gasteiger charge is -2.35. The SMILES string of the molecule is COCCCN1C(=O)CC(CC(=O)N2CCCC(C(=O)CC(C)C)C2)(c2ccccc2OC)C1=O. The average molecular weight is 487 g/mol. The Hall–Kier alpha value is -2.74. The standard InChI is InChI=1S/C27H38N2O6/c1-19(2)15-22(30)20-9-7-12-28(18-20)24(31)16-27(21-10-5-6-11-23(21)35-4)17-25(32)29(26(27)33)13-8-14-34-3/h5-6,10-11,19-20H,7-9,12-18H2,1-4H3. The van der Waals surface area contributed by atoms with Crippen LogP contribution < -0.4 is 4.74 Å². The lowest BCUT2D eigenvalue weighted by Crippen LogP contribution is -2.47. The van der Waals surface area contributed by atoms with Crippen molar-refractivity contribution in [1.29, 1.82) is 0 Å². The molecule has 192 valence electrons. The van der Waals surface area contributed by atoms with Gasteiger partial charge in [-0.15, -0.1) is 0 Å². The summed E-state index contributed by atoms with van der Waals surface area (Å²) < 4.78 is 10.6. The number of amides is 3. The van der Waals surface area contributed by atoms with Crippen molar-refractivity contribution in [2.75, 3.05) is 40.5 Å². The Morgan fingerprint density at radius 1 is 1.17 bits per heavy atom. The molecule has 2 unspecified atom stereocenters. The van der Waals surface area contributed by atoms with Gasteiger partial charge in [0, 0.05) is 64.1 Å². The molecule has 8 nitrogen and oxygen atoms in total. The van der Waals surface area contributed by atoms with Gasteiger partial charge in [-0.1, -0.05) is 32.0 Å². The van der Waals surface area contributed by atoms with Crippen molar-refractivity contribution in [2.24, 2.45) is 11.8 Å². The largest absolute Gasteiger partial charge is 0.496 e. The molecule has 0 saturated carbocycles. The normalized spacial score (nSPS) is 22.7. The van der Waals surface area contributed by atoms with E-state index in [1.165, 1.54) is 12.0 Å². The Balaban J connectivity index is 1.88. The smallest absolute Gasteiger partial charge is 0.241 e. The third kappa shape index (κ3) is 5.92. The number of carbonyl (C=O) groups is 4. The zero-order valence-corrected chi connectivity index (χ0v) is 21.4. The number of imide groups is 1. The number of benzene rings is 1. The number of carbonyl (C=O) groups excluding carboxylic acids is 4. The van der Waals surface area contributed by atoms with Gasteiger partial charge >= 0.3 is 0 Å². The molecule has 1 aromatic rings. The van der Waals surface area contributed by atoms with Crippen LogP contribution in [-0.4, -0.2) is 73.8 Å². The van der Waals surface area contributed by atoms with Crippen molar-refractivity contribution >= 4 is 23.5 Å². The molecule has 3 amide bonds. The average Bonchev–Trinajstić information content (AvgIpc) is 3.08. The van der Waals surface area contributed by atoms with Crippen LogP contribution in [0.25, 0.3) is 0 Å². The van der Waals surface area contributed by atoms with E-state index in [0.29, 0.717) is 43.9 Å². The van der Waals surface area contributed by atoms with Gasteiger partial charge in [0.2, 0.25) is 17.7 Å². The van der Waals surface area contributed by atoms with Crippen molar-refractivity contribution in [3.8, 4) is 5.75 Å². The van der Waals surface area contributed by atoms with E-state index in [4.69, 9.17) is 9.47 Å². The zero-order valence-electron chi connectivity index (χ0n) is 21.4. The number of ketones is 1. The number of rotatable bonds is 11. The lowest BCUT2D eigenvalue weighted by molar-refractivity contribution is -0.144. The molecule has 0 bridgehead atoms. The van der Waals surface area contributed by atoms with Crippen LogP contribution >= 0.6 is 0 Å². The summed E-state index contributed by atoms with van der Waals surface area (Å²) in [4.78, 5) is 56.1. The summed E-state index contributed by atoms with van der Waals surface area (Å²) in [6.45, 7) is 5.62. The summed E-state index contributed by atoms with van der Waals surface area (Å²) in [5, 5.41) is 0. The van der Waals surface area contributed by atoms with Crippen LogP contribution in [0.2, 0.25) is 0 Å². The highest BCUT2D eigenvalue weighted by Gasteiger charge is 2.55. The molecule has 2 fully saturated rings. The van der Waals surface area contributed by atoms with Crippen LogP contribution in [0, 0.1) is 11.8 Å². The summed E-state index contributed by atoms with van der Waals surface area (Å²) >= 11 is 0. The van der Waals surface area contributed by atoms with Gasteiger partial charge < -0.3 is 14.4 Å². The van der Waals surface area contributed by atoms with Gasteiger partial charge in [0.1, 0.15) is 11.5 Å². The van der Waals surface area contributed by atoms with E-state index in [0.717, 1.165) is 12.8 Å². The molecule has 0 aromatic heterocycles. The summed E-state index contributed by atoms with van der Waals surface area (Å²) in [6, 6.07) is 7.09. The number of hydrogen-bond acceptors (Lipinski definition) is 6. The number of para-hydroxylation sites is 1. The fourth-order valence-electron chi connectivity index (χ4n) is 5.28. The number of likely N-dealkylation sites (tertiary alicyclic amines) is 2. The summed E-state index contributed by atoms with van der Waals surface area (Å²) in [7, 11) is 3.09. The van der Waals surface area contributed by atoms with E-state index >= 15 is 0 Å². The number of nitrogens with zero attached hydrogens (tertiary/aromatic N) is 2. The van der Waals surface area contributed by atoms with Gasteiger partial charge in [0.15, 0.2) is 0 Å². The number of ether oxygens (including phenoxy) is 2. The number of piperidine rings is 1. The second-order valence-electron chi connectivity index (χ2n) is 10.1. The van der Waals surface area contributed by atoms with E-state index in [-0.39, 0.29) is 54.7 Å². The number of Topliss-reactive ketones (excluding diaryl/α,β-unsaturated/α-hetero) is 1. The molecule has 0 radical (unpaired) electrons. The molecule has 3 rings (SSSR count). The van der Waals surface area contributed by atoms with Crippen LogP contribution in [0.4, 0.5) is 0 Å². The first-order chi connectivity index (χ1) is 16.7. The Bertz CT molecular complexity index is 945. The Morgan fingerprint density at radius 2 is 1.91 bits per heavy atom. The number of hydrogen-bond donors (Lipinski definition) is 0. The van der Waals surface area contributed by atoms with Gasteiger partial charge in [-0.3, -0.25) is 24.1 Å². The molecule has 8 heteroatoms. The molecule has 35 heavy (non-hydrogen) atoms. The maximum atomic E-state index is 13.8. The maximum Gasteiger partial charge on any atom is 0.241 e. The summed E-state index contributed by atoms with van der Waals surface area (Å²) in [5.41, 5.74) is -0.782. The lowest BCUT2D eigenvalue weighted by atomic mass is 9.75. The van der Waals surface area contributed by atoms with Crippen LogP contribution in [0.15, 0.2) is 24.3 Å². The van der Waals surface area contributed by atoms with Crippen molar-refractivity contribution in [3.63, 3.8) is 0 Å². The van der Waals surface area contributed by atoms with Crippen molar-refractivity contribution in [3.05, 3.63) is 29.8 Å². The Labute approximate surface area is 207 Å². The molecule has 0 N–H and O–H groups in total. The molecular weight excluding hydrogens is 448 g/mol. The van der Waals surface area contributed by atoms with Gasteiger partial charge in [0.25, 0.3) is 0 Å². The molecule has 2 atom stereocenters. The Kier molecular flexibility index (Phi) is 9.05. The molecule has 0 aliphatic carbocycles. The van der Waals surface area contributed by atoms with E-state index in [1.54, 1.807) is 36.3 Å². The fraction of sp³-hybridized carbons (Fsp3) is 0.630. The van der Waals surface area contributed by atoms with E-state index in [2.05, 4.69) is 0 Å². The highest BCUT2D eigenvalue weighted by Crippen LogP contribution is 2.44. The van der Waals surface area contributed by atoms with Gasteiger partial charge in [0.05, 0.1) is 12.5 Å². The minimum atomic E-state index is -1.33. The fourth-order valence-corrected chi connectivity index (χ4v) is 5.28. The highest BCUT2D eigenvalue weighted by atomic mass is 16.5. The zero-order chi connectivity index (χ0) is 25.6. The van der Waals surface area contributed by atoms with E-state index in [9.17, 15) is 19.2 Å². The van der Waals surface area contributed by atoms with Crippen molar-refractivity contribution < 1.29 is 28.7 Å². The third-order valence-corrected chi connectivity index (χ3v) is 7.05. The van der Waals surface area contributed by atoms with Crippen LogP contribution in [-0.2, 0) is 29.3 Å². The second kappa shape index (κ2) is 11.8. The maximum absolute atomic E-state index is 13.8. The predicted octanol–water partition coefficient (Wildman–Crippen LogP) is 2.97. The molecular formula is C27H38N2O6. The summed E-state index contributed by atoms with van der Waals surface area (Å²) in [5.74, 6) is -0.123. The van der Waals surface area contributed by atoms with Crippen LogP contribution in [0.5, 0.6) is 5.75 Å². The van der Waals surface area contributed by atoms with Crippen molar-refractivity contribution in [2.45, 2.75) is 57.8 Å². The first-order valence-electron chi connectivity index (χ1n) is 12.5. The topological polar surface area (TPSA) is 93.2 Å². The van der Waals surface area contributed by atoms with Gasteiger partial charge in [-0.05, 0) is 31.2 Å². The monoisotopic (exact) mass is 486 g/mol. The minimum absolute atomic E-state index is 0.0888. The summed E-state index contributed by atoms with van der Waals surface area (Å²) in [6.07, 6.45) is 2.32. The third-order valence-electron chi connectivity index (χ3n) is 7.05. The quantitative estimate of drug-likeness (QED) is 0.353. The minimum Gasteiger partial charge on any atom is -0.496 e. The van der Waals surface area contributed by atoms with Crippen LogP contribution in [0.3, 0.4) is 0 Å². The van der Waals surface area contributed by atoms with E-state index < -0.39 is 5.41 Å². The van der Waals surface area contributed by atoms with Gasteiger partial charge in [-0.2, -0.15) is 0 Å². The number of methoxy groups -OCH3 is 2. The van der Waals surface area contributed by atoms with Crippen LogP contribution in [0.1, 0.15) is 57.9 Å². The molecule has 2 aliphatic heterocycles. The highest BCUT2D eigenvalue weighted by molar-refractivity contribution is 6.11.